The minimum absolute atomic E-state index is 0. The van der Waals surface area contributed by atoms with Gasteiger partial charge in [-0.15, -0.1) is 24.0 Å². The summed E-state index contributed by atoms with van der Waals surface area (Å²) in [6, 6.07) is 0. The predicted molar refractivity (Wildman–Crippen MR) is 111 cm³/mol. The van der Waals surface area contributed by atoms with Crippen molar-refractivity contribution in [3.8, 4) is 0 Å². The number of carbonyl (C=O) groups excluding carboxylic acids is 1. The van der Waals surface area contributed by atoms with Gasteiger partial charge in [0.25, 0.3) is 0 Å². The molecule has 1 amide bonds. The molecule has 0 radical (unpaired) electrons. The quantitative estimate of drug-likeness (QED) is 0.202. The van der Waals surface area contributed by atoms with Gasteiger partial charge in [0.15, 0.2) is 5.96 Å². The standard InChI is InChI=1S/C15H30N4O3S.HI/c1-5-16-12(19-10-15(21)6-9-23-11-15)17-7-8-18-13(20)22-14(2,3)4;/h21H,5-11H2,1-4H3,(H,18,20)(H2,16,17,19);1H. The lowest BCUT2D eigenvalue weighted by molar-refractivity contribution is 0.0529. The van der Waals surface area contributed by atoms with Crippen molar-refractivity contribution in [2.75, 3.05) is 37.7 Å². The van der Waals surface area contributed by atoms with E-state index in [4.69, 9.17) is 4.74 Å². The van der Waals surface area contributed by atoms with Crippen LogP contribution in [0.25, 0.3) is 0 Å². The fourth-order valence-corrected chi connectivity index (χ4v) is 3.23. The molecule has 4 N–H and O–H groups in total. The Morgan fingerprint density at radius 2 is 1.96 bits per heavy atom. The van der Waals surface area contributed by atoms with Crippen molar-refractivity contribution in [3.63, 3.8) is 0 Å². The third-order valence-corrected chi connectivity index (χ3v) is 4.28. The number of nitrogens with one attached hydrogen (secondary N) is 3. The van der Waals surface area contributed by atoms with E-state index in [1.807, 2.05) is 27.7 Å². The number of thioether (sulfide) groups is 1. The molecule has 0 spiro atoms. The normalized spacial score (nSPS) is 21.0. The second-order valence-electron chi connectivity index (χ2n) is 6.58. The third kappa shape index (κ3) is 10.4. The van der Waals surface area contributed by atoms with Crippen LogP contribution < -0.4 is 16.0 Å². The Bertz CT molecular complexity index is 410. The number of aliphatic hydroxyl groups is 1. The van der Waals surface area contributed by atoms with Crippen molar-refractivity contribution in [2.45, 2.75) is 45.3 Å². The van der Waals surface area contributed by atoms with Gasteiger partial charge < -0.3 is 25.8 Å². The first kappa shape index (κ1) is 23.6. The van der Waals surface area contributed by atoms with Crippen LogP contribution in [0.4, 0.5) is 4.79 Å². The van der Waals surface area contributed by atoms with Gasteiger partial charge in [-0.05, 0) is 39.9 Å². The van der Waals surface area contributed by atoms with E-state index in [-0.39, 0.29) is 24.0 Å². The van der Waals surface area contributed by atoms with Gasteiger partial charge in [0.05, 0.1) is 12.1 Å². The molecular weight excluding hydrogens is 443 g/mol. The molecule has 1 fully saturated rings. The number of amides is 1. The molecule has 0 aliphatic carbocycles. The van der Waals surface area contributed by atoms with Gasteiger partial charge in [-0.3, -0.25) is 4.99 Å². The molecule has 1 aliphatic heterocycles. The number of nitrogens with zero attached hydrogens (tertiary/aromatic N) is 1. The highest BCUT2D eigenvalue weighted by Gasteiger charge is 2.31. The maximum atomic E-state index is 11.5. The molecule has 7 nitrogen and oxygen atoms in total. The van der Waals surface area contributed by atoms with E-state index in [1.54, 1.807) is 11.8 Å². The average molecular weight is 474 g/mol. The zero-order chi connectivity index (χ0) is 17.3. The monoisotopic (exact) mass is 474 g/mol. The van der Waals surface area contributed by atoms with Crippen molar-refractivity contribution in [2.24, 2.45) is 4.99 Å². The molecule has 142 valence electrons. The summed E-state index contributed by atoms with van der Waals surface area (Å²) in [5.41, 5.74) is -1.19. The lowest BCUT2D eigenvalue weighted by Crippen LogP contribution is -2.43. The number of halogens is 1. The van der Waals surface area contributed by atoms with E-state index in [0.717, 1.165) is 24.5 Å². The van der Waals surface area contributed by atoms with Crippen molar-refractivity contribution >= 4 is 47.8 Å². The van der Waals surface area contributed by atoms with Gasteiger partial charge in [0, 0.05) is 25.4 Å². The van der Waals surface area contributed by atoms with Gasteiger partial charge in [-0.25, -0.2) is 4.79 Å². The molecule has 1 heterocycles. The number of aliphatic imine (C=N–C) groups is 1. The summed E-state index contributed by atoms with van der Waals surface area (Å²) < 4.78 is 5.16. The molecule has 24 heavy (non-hydrogen) atoms. The summed E-state index contributed by atoms with van der Waals surface area (Å²) in [7, 11) is 0. The summed E-state index contributed by atoms with van der Waals surface area (Å²) in [4.78, 5) is 16.0. The van der Waals surface area contributed by atoms with Crippen LogP contribution in [-0.4, -0.2) is 66.0 Å². The first-order chi connectivity index (χ1) is 10.7. The summed E-state index contributed by atoms with van der Waals surface area (Å²) in [6.45, 7) is 9.54. The Morgan fingerprint density at radius 3 is 2.50 bits per heavy atom. The second-order valence-corrected chi connectivity index (χ2v) is 7.68. The molecule has 0 saturated carbocycles. The largest absolute Gasteiger partial charge is 0.444 e. The molecule has 0 aromatic rings. The van der Waals surface area contributed by atoms with E-state index in [2.05, 4.69) is 20.9 Å². The number of hydrogen-bond donors (Lipinski definition) is 4. The predicted octanol–water partition coefficient (Wildman–Crippen LogP) is 1.55. The van der Waals surface area contributed by atoms with Crippen molar-refractivity contribution in [3.05, 3.63) is 0 Å². The maximum absolute atomic E-state index is 11.5. The summed E-state index contributed by atoms with van der Waals surface area (Å²) >= 11 is 1.75. The Hall–Kier alpha value is -0.420. The molecule has 0 bridgehead atoms. The van der Waals surface area contributed by atoms with E-state index in [1.165, 1.54) is 0 Å². The molecule has 0 aromatic carbocycles. The Morgan fingerprint density at radius 1 is 1.29 bits per heavy atom. The van der Waals surface area contributed by atoms with Crippen LogP contribution in [0.5, 0.6) is 0 Å². The molecule has 9 heteroatoms. The van der Waals surface area contributed by atoms with E-state index in [0.29, 0.717) is 25.6 Å². The number of alkyl carbamates (subject to hydrolysis) is 1. The SMILES string of the molecule is CCNC(=NCC1(O)CCSC1)NCCNC(=O)OC(C)(C)C.I. The van der Waals surface area contributed by atoms with E-state index in [9.17, 15) is 9.90 Å². The number of guanidine groups is 1. The molecular formula is C15H31IN4O3S. The highest BCUT2D eigenvalue weighted by molar-refractivity contribution is 14.0. The summed E-state index contributed by atoms with van der Waals surface area (Å²) in [5.74, 6) is 2.36. The van der Waals surface area contributed by atoms with Crippen LogP contribution in [0, 0.1) is 0 Å². The lowest BCUT2D eigenvalue weighted by atomic mass is 10.1. The Balaban J connectivity index is 0.00000529. The van der Waals surface area contributed by atoms with Crippen LogP contribution in [0.2, 0.25) is 0 Å². The molecule has 1 saturated heterocycles. The number of ether oxygens (including phenoxy) is 1. The first-order valence-electron chi connectivity index (χ1n) is 8.03. The highest BCUT2D eigenvalue weighted by Crippen LogP contribution is 2.27. The van der Waals surface area contributed by atoms with Crippen LogP contribution in [-0.2, 0) is 4.74 Å². The fraction of sp³-hybridized carbons (Fsp3) is 0.867. The minimum Gasteiger partial charge on any atom is -0.444 e. The van der Waals surface area contributed by atoms with Crippen LogP contribution >= 0.6 is 35.7 Å². The van der Waals surface area contributed by atoms with Crippen molar-refractivity contribution in [1.29, 1.82) is 0 Å². The van der Waals surface area contributed by atoms with Crippen LogP contribution in [0.3, 0.4) is 0 Å². The fourth-order valence-electron chi connectivity index (χ4n) is 1.95. The topological polar surface area (TPSA) is 95.0 Å². The third-order valence-electron chi connectivity index (χ3n) is 3.04. The van der Waals surface area contributed by atoms with E-state index < -0.39 is 17.3 Å². The van der Waals surface area contributed by atoms with E-state index >= 15 is 0 Å². The van der Waals surface area contributed by atoms with Gasteiger partial charge >= 0.3 is 6.09 Å². The van der Waals surface area contributed by atoms with Gasteiger partial charge in [0.2, 0.25) is 0 Å². The number of carbonyl (C=O) groups is 1. The highest BCUT2D eigenvalue weighted by atomic mass is 127. The van der Waals surface area contributed by atoms with Crippen LogP contribution in [0.15, 0.2) is 4.99 Å². The average Bonchev–Trinajstić information content (AvgIpc) is 2.86. The Labute approximate surface area is 166 Å². The second kappa shape index (κ2) is 11.2. The zero-order valence-corrected chi connectivity index (χ0v) is 18.1. The van der Waals surface area contributed by atoms with Gasteiger partial charge in [-0.1, -0.05) is 0 Å². The summed E-state index contributed by atoms with van der Waals surface area (Å²) in [5, 5.41) is 19.2. The smallest absolute Gasteiger partial charge is 0.407 e. The molecule has 0 aromatic heterocycles. The van der Waals surface area contributed by atoms with Crippen molar-refractivity contribution in [1.82, 2.24) is 16.0 Å². The zero-order valence-electron chi connectivity index (χ0n) is 15.0. The molecule has 1 unspecified atom stereocenters. The molecule has 1 rings (SSSR count). The Kier molecular flexibility index (Phi) is 11.0. The molecule has 1 aliphatic rings. The number of hydrogen-bond acceptors (Lipinski definition) is 5. The maximum Gasteiger partial charge on any atom is 0.407 e. The molecule has 1 atom stereocenters. The van der Waals surface area contributed by atoms with Gasteiger partial charge in [-0.2, -0.15) is 11.8 Å². The number of rotatable bonds is 6. The first-order valence-corrected chi connectivity index (χ1v) is 9.19. The minimum atomic E-state index is -0.693. The van der Waals surface area contributed by atoms with Gasteiger partial charge in [0.1, 0.15) is 5.60 Å². The summed E-state index contributed by atoms with van der Waals surface area (Å²) in [6.07, 6.45) is 0.347. The van der Waals surface area contributed by atoms with Crippen LogP contribution in [0.1, 0.15) is 34.1 Å². The van der Waals surface area contributed by atoms with Crippen molar-refractivity contribution < 1.29 is 14.6 Å². The lowest BCUT2D eigenvalue weighted by Gasteiger charge is -2.20.